The van der Waals surface area contributed by atoms with Gasteiger partial charge in [-0.15, -0.1) is 11.3 Å². The molecule has 4 atom stereocenters. The second-order valence-electron chi connectivity index (χ2n) is 9.70. The number of carbonyl (C=O) groups excluding carboxylic acids is 1. The number of nitrogens with one attached hydrogen (secondary N) is 1. The molecule has 4 heterocycles. The standard InChI is InChI=1S/C27H29N5O2S/c1-17-13-31(14-18(2)34-17)27(33)32-15-22(19-6-4-3-5-7-19)23(16-32)26-30-24-9-8-20(10-25(24)35-26)21-11-28-29-12-21/h3-12,17-18,22-23H,13-16H2,1-2H3,(H,28,29). The Morgan fingerprint density at radius 2 is 1.71 bits per heavy atom. The number of aromatic nitrogens is 3. The van der Waals surface area contributed by atoms with Gasteiger partial charge in [-0.25, -0.2) is 9.78 Å². The van der Waals surface area contributed by atoms with Crippen molar-refractivity contribution in [3.05, 3.63) is 71.5 Å². The molecular formula is C27H29N5O2S. The summed E-state index contributed by atoms with van der Waals surface area (Å²) in [7, 11) is 0. The van der Waals surface area contributed by atoms with Crippen LogP contribution in [0.4, 0.5) is 4.79 Å². The molecule has 4 unspecified atom stereocenters. The summed E-state index contributed by atoms with van der Waals surface area (Å²) in [6.07, 6.45) is 3.85. The zero-order chi connectivity index (χ0) is 23.9. The van der Waals surface area contributed by atoms with Crippen molar-refractivity contribution in [3.63, 3.8) is 0 Å². The molecule has 2 fully saturated rings. The van der Waals surface area contributed by atoms with Crippen molar-refractivity contribution in [1.29, 1.82) is 0 Å². The molecule has 0 radical (unpaired) electrons. The Balaban J connectivity index is 1.32. The van der Waals surface area contributed by atoms with E-state index < -0.39 is 0 Å². The van der Waals surface area contributed by atoms with Crippen molar-refractivity contribution in [2.24, 2.45) is 0 Å². The number of hydrogen-bond acceptors (Lipinski definition) is 5. The van der Waals surface area contributed by atoms with E-state index >= 15 is 0 Å². The number of nitrogens with zero attached hydrogens (tertiary/aromatic N) is 4. The van der Waals surface area contributed by atoms with Crippen LogP contribution < -0.4 is 0 Å². The fourth-order valence-electron chi connectivity index (χ4n) is 5.47. The number of likely N-dealkylation sites (tertiary alicyclic amines) is 1. The van der Waals surface area contributed by atoms with E-state index in [0.717, 1.165) is 26.4 Å². The van der Waals surface area contributed by atoms with Gasteiger partial charge in [-0.2, -0.15) is 5.10 Å². The number of urea groups is 1. The third-order valence-electron chi connectivity index (χ3n) is 7.06. The molecule has 2 saturated heterocycles. The first-order valence-electron chi connectivity index (χ1n) is 12.2. The minimum absolute atomic E-state index is 0.0553. The van der Waals surface area contributed by atoms with Gasteiger partial charge in [-0.05, 0) is 37.1 Å². The Morgan fingerprint density at radius 3 is 2.46 bits per heavy atom. The van der Waals surface area contributed by atoms with Gasteiger partial charge in [-0.3, -0.25) is 5.10 Å². The normalized spacial score (nSPS) is 24.9. The number of H-pyrrole nitrogens is 1. The molecule has 180 valence electrons. The Hall–Kier alpha value is -3.23. The summed E-state index contributed by atoms with van der Waals surface area (Å²) in [6.45, 7) is 6.72. The molecule has 8 heteroatoms. The molecule has 35 heavy (non-hydrogen) atoms. The van der Waals surface area contributed by atoms with Crippen molar-refractivity contribution >= 4 is 27.6 Å². The highest BCUT2D eigenvalue weighted by Crippen LogP contribution is 2.43. The van der Waals surface area contributed by atoms with Gasteiger partial charge in [-0.1, -0.05) is 36.4 Å². The van der Waals surface area contributed by atoms with E-state index in [1.165, 1.54) is 5.56 Å². The van der Waals surface area contributed by atoms with Crippen molar-refractivity contribution < 1.29 is 9.53 Å². The topological polar surface area (TPSA) is 74.4 Å². The Bertz CT molecular complexity index is 1310. The molecule has 2 aromatic carbocycles. The van der Waals surface area contributed by atoms with E-state index in [1.807, 2.05) is 42.1 Å². The van der Waals surface area contributed by atoms with Crippen molar-refractivity contribution in [3.8, 4) is 11.1 Å². The lowest BCUT2D eigenvalue weighted by molar-refractivity contribution is -0.0577. The van der Waals surface area contributed by atoms with E-state index in [1.54, 1.807) is 11.3 Å². The Kier molecular flexibility index (Phi) is 5.78. The molecule has 0 aliphatic carbocycles. The van der Waals surface area contributed by atoms with Crippen LogP contribution in [0.15, 0.2) is 60.9 Å². The minimum atomic E-state index is 0.0553. The third kappa shape index (κ3) is 4.32. The molecule has 0 spiro atoms. The zero-order valence-corrected chi connectivity index (χ0v) is 20.7. The average Bonchev–Trinajstić information content (AvgIpc) is 3.62. The van der Waals surface area contributed by atoms with Crippen molar-refractivity contribution in [2.45, 2.75) is 37.9 Å². The van der Waals surface area contributed by atoms with Crippen LogP contribution in [0.1, 0.15) is 36.3 Å². The van der Waals surface area contributed by atoms with E-state index in [-0.39, 0.29) is 30.1 Å². The monoisotopic (exact) mass is 487 g/mol. The summed E-state index contributed by atoms with van der Waals surface area (Å²) >= 11 is 1.74. The molecule has 4 aromatic rings. The van der Waals surface area contributed by atoms with Crippen LogP contribution in [0.3, 0.4) is 0 Å². The van der Waals surface area contributed by atoms with Crippen LogP contribution in [-0.2, 0) is 4.74 Å². The van der Waals surface area contributed by atoms with Crippen molar-refractivity contribution in [2.75, 3.05) is 26.2 Å². The predicted molar refractivity (Wildman–Crippen MR) is 138 cm³/mol. The maximum atomic E-state index is 13.6. The molecule has 0 saturated carbocycles. The fraction of sp³-hybridized carbons (Fsp3) is 0.370. The molecule has 0 bridgehead atoms. The number of morpholine rings is 1. The van der Waals surface area contributed by atoms with Gasteiger partial charge >= 0.3 is 6.03 Å². The number of fused-ring (bicyclic) bond motifs is 1. The number of amides is 2. The molecule has 2 amide bonds. The average molecular weight is 488 g/mol. The number of carbonyl (C=O) groups is 1. The maximum absolute atomic E-state index is 13.6. The van der Waals surface area contributed by atoms with Gasteiger partial charge < -0.3 is 14.5 Å². The molecule has 7 nitrogen and oxygen atoms in total. The lowest BCUT2D eigenvalue weighted by Crippen LogP contribution is -2.52. The molecule has 1 N–H and O–H groups in total. The van der Waals surface area contributed by atoms with Crippen LogP contribution in [0.2, 0.25) is 0 Å². The summed E-state index contributed by atoms with van der Waals surface area (Å²) in [5, 5.41) is 8.06. The molecule has 6 rings (SSSR count). The summed E-state index contributed by atoms with van der Waals surface area (Å²) in [5.74, 6) is 0.372. The number of rotatable bonds is 3. The van der Waals surface area contributed by atoms with Crippen LogP contribution in [0.25, 0.3) is 21.3 Å². The van der Waals surface area contributed by atoms with E-state index in [9.17, 15) is 4.79 Å². The van der Waals surface area contributed by atoms with Crippen LogP contribution in [0, 0.1) is 0 Å². The first-order chi connectivity index (χ1) is 17.0. The fourth-order valence-corrected chi connectivity index (χ4v) is 6.64. The first kappa shape index (κ1) is 22.2. The highest BCUT2D eigenvalue weighted by atomic mass is 32.1. The van der Waals surface area contributed by atoms with E-state index in [2.05, 4.69) is 52.7 Å². The van der Waals surface area contributed by atoms with Gasteiger partial charge in [0.25, 0.3) is 0 Å². The number of benzene rings is 2. The first-order valence-corrected chi connectivity index (χ1v) is 13.0. The van der Waals surface area contributed by atoms with Crippen LogP contribution in [0.5, 0.6) is 0 Å². The van der Waals surface area contributed by atoms with Gasteiger partial charge in [0.2, 0.25) is 0 Å². The van der Waals surface area contributed by atoms with Crippen molar-refractivity contribution in [1.82, 2.24) is 25.0 Å². The summed E-state index contributed by atoms with van der Waals surface area (Å²) in [5.41, 5.74) is 4.45. The third-order valence-corrected chi connectivity index (χ3v) is 8.21. The van der Waals surface area contributed by atoms with Crippen LogP contribution >= 0.6 is 11.3 Å². The highest BCUT2D eigenvalue weighted by molar-refractivity contribution is 7.18. The van der Waals surface area contributed by atoms with E-state index in [4.69, 9.17) is 9.72 Å². The Morgan fingerprint density at radius 1 is 0.971 bits per heavy atom. The maximum Gasteiger partial charge on any atom is 0.320 e. The summed E-state index contributed by atoms with van der Waals surface area (Å²) in [4.78, 5) is 22.6. The highest BCUT2D eigenvalue weighted by Gasteiger charge is 2.41. The lowest BCUT2D eigenvalue weighted by atomic mass is 9.89. The molecule has 2 aliphatic rings. The number of ether oxygens (including phenoxy) is 1. The minimum Gasteiger partial charge on any atom is -0.372 e. The number of hydrogen-bond donors (Lipinski definition) is 1. The lowest BCUT2D eigenvalue weighted by Gasteiger charge is -2.37. The number of thiazole rings is 1. The SMILES string of the molecule is CC1CN(C(=O)N2CC(c3ccccc3)C(c3nc4ccc(-c5cn[nH]c5)cc4s3)C2)CC(C)O1. The quantitative estimate of drug-likeness (QED) is 0.436. The second kappa shape index (κ2) is 9.09. The van der Waals surface area contributed by atoms with Gasteiger partial charge in [0.15, 0.2) is 0 Å². The zero-order valence-electron chi connectivity index (χ0n) is 19.9. The van der Waals surface area contributed by atoms with Gasteiger partial charge in [0.05, 0.1) is 33.6 Å². The smallest absolute Gasteiger partial charge is 0.320 e. The molecule has 2 aromatic heterocycles. The largest absolute Gasteiger partial charge is 0.372 e. The van der Waals surface area contributed by atoms with Gasteiger partial charge in [0.1, 0.15) is 0 Å². The van der Waals surface area contributed by atoms with E-state index in [0.29, 0.717) is 26.2 Å². The van der Waals surface area contributed by atoms with Crippen LogP contribution in [-0.4, -0.2) is 69.4 Å². The number of aromatic amines is 1. The van der Waals surface area contributed by atoms with Gasteiger partial charge in [0, 0.05) is 49.8 Å². The molecule has 2 aliphatic heterocycles. The molecular weight excluding hydrogens is 458 g/mol. The summed E-state index contributed by atoms with van der Waals surface area (Å²) < 4.78 is 7.01. The predicted octanol–water partition coefficient (Wildman–Crippen LogP) is 5.10. The Labute approximate surface area is 208 Å². The summed E-state index contributed by atoms with van der Waals surface area (Å²) in [6, 6.07) is 17.0. The second-order valence-corrected chi connectivity index (χ2v) is 10.8.